The van der Waals surface area contributed by atoms with Gasteiger partial charge in [0.05, 0.1) is 18.4 Å². The largest absolute Gasteiger partial charge is 0.497 e. The molecule has 0 aliphatic rings. The molecule has 156 valence electrons. The Morgan fingerprint density at radius 2 is 1.42 bits per heavy atom. The van der Waals surface area contributed by atoms with Crippen LogP contribution in [0, 0.1) is 0 Å². The Morgan fingerprint density at radius 1 is 0.774 bits per heavy atom. The van der Waals surface area contributed by atoms with Crippen molar-refractivity contribution in [3.05, 3.63) is 102 Å². The zero-order chi connectivity index (χ0) is 22.1. The van der Waals surface area contributed by atoms with Crippen LogP contribution >= 0.6 is 0 Å². The molecule has 3 rings (SSSR count). The molecule has 3 aromatic carbocycles. The fourth-order valence-electron chi connectivity index (χ4n) is 2.70. The van der Waals surface area contributed by atoms with Gasteiger partial charge in [-0.3, -0.25) is 25.2 Å². The van der Waals surface area contributed by atoms with Crippen molar-refractivity contribution in [3.63, 3.8) is 0 Å². The monoisotopic (exact) mass is 415 g/mol. The summed E-state index contributed by atoms with van der Waals surface area (Å²) in [6.07, 6.45) is 3.06. The number of ether oxygens (including phenoxy) is 1. The van der Waals surface area contributed by atoms with E-state index < -0.39 is 11.8 Å². The predicted octanol–water partition coefficient (Wildman–Crippen LogP) is 3.42. The summed E-state index contributed by atoms with van der Waals surface area (Å²) in [5.74, 6) is -0.814. The second-order valence-corrected chi connectivity index (χ2v) is 6.42. The van der Waals surface area contributed by atoms with E-state index in [1.54, 1.807) is 54.6 Å². The molecule has 0 aromatic heterocycles. The number of carbonyl (C=O) groups excluding carboxylic acids is 3. The van der Waals surface area contributed by atoms with Crippen LogP contribution in [-0.4, -0.2) is 24.8 Å². The lowest BCUT2D eigenvalue weighted by molar-refractivity contribution is -0.111. The van der Waals surface area contributed by atoms with Gasteiger partial charge in [0.15, 0.2) is 0 Å². The summed E-state index contributed by atoms with van der Waals surface area (Å²) in [4.78, 5) is 37.0. The van der Waals surface area contributed by atoms with Gasteiger partial charge in [-0.2, -0.15) is 0 Å². The second-order valence-electron chi connectivity index (χ2n) is 6.42. The van der Waals surface area contributed by atoms with Gasteiger partial charge < -0.3 is 10.1 Å². The number of rotatable bonds is 6. The van der Waals surface area contributed by atoms with Gasteiger partial charge in [0, 0.05) is 11.6 Å². The molecule has 0 saturated heterocycles. The molecule has 7 heteroatoms. The van der Waals surface area contributed by atoms with Gasteiger partial charge in [0.25, 0.3) is 11.8 Å². The summed E-state index contributed by atoms with van der Waals surface area (Å²) >= 11 is 0. The Morgan fingerprint density at radius 3 is 2.13 bits per heavy atom. The van der Waals surface area contributed by atoms with Crippen molar-refractivity contribution in [2.75, 3.05) is 12.4 Å². The molecule has 31 heavy (non-hydrogen) atoms. The van der Waals surface area contributed by atoms with Crippen molar-refractivity contribution in [1.29, 1.82) is 0 Å². The number of amides is 3. The number of hydrogen-bond acceptors (Lipinski definition) is 4. The van der Waals surface area contributed by atoms with Crippen LogP contribution in [0.25, 0.3) is 6.08 Å². The molecular weight excluding hydrogens is 394 g/mol. The summed E-state index contributed by atoms with van der Waals surface area (Å²) in [5.41, 5.74) is 6.48. The van der Waals surface area contributed by atoms with Crippen molar-refractivity contribution in [1.82, 2.24) is 10.9 Å². The number of nitrogens with one attached hydrogen (secondary N) is 3. The van der Waals surface area contributed by atoms with E-state index in [4.69, 9.17) is 4.74 Å². The highest BCUT2D eigenvalue weighted by atomic mass is 16.5. The van der Waals surface area contributed by atoms with Crippen LogP contribution in [0.5, 0.6) is 5.75 Å². The highest BCUT2D eigenvalue weighted by Crippen LogP contribution is 2.15. The molecule has 0 bridgehead atoms. The van der Waals surface area contributed by atoms with Gasteiger partial charge in [-0.25, -0.2) is 0 Å². The third kappa shape index (κ3) is 6.04. The summed E-state index contributed by atoms with van der Waals surface area (Å²) < 4.78 is 5.05. The highest BCUT2D eigenvalue weighted by Gasteiger charge is 2.14. The van der Waals surface area contributed by atoms with E-state index in [9.17, 15) is 14.4 Å². The summed E-state index contributed by atoms with van der Waals surface area (Å²) in [6.45, 7) is 0. The molecule has 0 atom stereocenters. The first-order valence-electron chi connectivity index (χ1n) is 9.44. The fraction of sp³-hybridized carbons (Fsp3) is 0.0417. The third-order valence-electron chi connectivity index (χ3n) is 4.30. The Balaban J connectivity index is 1.62. The van der Waals surface area contributed by atoms with Crippen molar-refractivity contribution in [3.8, 4) is 5.75 Å². The van der Waals surface area contributed by atoms with Gasteiger partial charge in [0.1, 0.15) is 5.75 Å². The number of carbonyl (C=O) groups is 3. The zero-order valence-corrected chi connectivity index (χ0v) is 16.8. The normalized spacial score (nSPS) is 10.4. The van der Waals surface area contributed by atoms with E-state index in [1.807, 2.05) is 30.3 Å². The van der Waals surface area contributed by atoms with E-state index in [1.165, 1.54) is 13.2 Å². The molecule has 0 aliphatic heterocycles. The second kappa shape index (κ2) is 10.4. The van der Waals surface area contributed by atoms with Crippen LogP contribution in [0.15, 0.2) is 84.9 Å². The van der Waals surface area contributed by atoms with Crippen molar-refractivity contribution in [2.45, 2.75) is 0 Å². The van der Waals surface area contributed by atoms with Crippen LogP contribution in [0.2, 0.25) is 0 Å². The number of para-hydroxylation sites is 1. The minimum atomic E-state index is -0.565. The lowest BCUT2D eigenvalue weighted by atomic mass is 10.1. The Bertz CT molecular complexity index is 1090. The van der Waals surface area contributed by atoms with Gasteiger partial charge in [-0.05, 0) is 48.0 Å². The average Bonchev–Trinajstić information content (AvgIpc) is 2.82. The number of hydrazine groups is 1. The summed E-state index contributed by atoms with van der Waals surface area (Å²) in [7, 11) is 1.53. The molecule has 0 spiro atoms. The van der Waals surface area contributed by atoms with Gasteiger partial charge >= 0.3 is 0 Å². The van der Waals surface area contributed by atoms with Crippen LogP contribution in [-0.2, 0) is 4.79 Å². The SMILES string of the molecule is COc1ccc(C(=O)NNC(=O)c2ccccc2NC(=O)/C=C/c2ccccc2)cc1. The van der Waals surface area contributed by atoms with Crippen LogP contribution in [0.3, 0.4) is 0 Å². The summed E-state index contributed by atoms with van der Waals surface area (Å²) in [6, 6.07) is 22.3. The van der Waals surface area contributed by atoms with Gasteiger partial charge in [-0.15, -0.1) is 0 Å². The smallest absolute Gasteiger partial charge is 0.271 e. The maximum atomic E-state index is 12.5. The first-order valence-corrected chi connectivity index (χ1v) is 9.44. The molecule has 0 radical (unpaired) electrons. The zero-order valence-electron chi connectivity index (χ0n) is 16.8. The minimum absolute atomic E-state index is 0.207. The Hall–Kier alpha value is -4.39. The third-order valence-corrected chi connectivity index (χ3v) is 4.30. The number of benzene rings is 3. The average molecular weight is 415 g/mol. The maximum Gasteiger partial charge on any atom is 0.271 e. The predicted molar refractivity (Wildman–Crippen MR) is 118 cm³/mol. The van der Waals surface area contributed by atoms with Crippen molar-refractivity contribution < 1.29 is 19.1 Å². The van der Waals surface area contributed by atoms with Gasteiger partial charge in [-0.1, -0.05) is 42.5 Å². The highest BCUT2D eigenvalue weighted by molar-refractivity contribution is 6.08. The lowest BCUT2D eigenvalue weighted by Crippen LogP contribution is -2.41. The number of anilines is 1. The maximum absolute atomic E-state index is 12.5. The molecule has 0 aliphatic carbocycles. The molecule has 7 nitrogen and oxygen atoms in total. The lowest BCUT2D eigenvalue weighted by Gasteiger charge is -2.11. The van der Waals surface area contributed by atoms with E-state index in [2.05, 4.69) is 16.2 Å². The standard InChI is InChI=1S/C24H21N3O4/c1-31-19-14-12-18(13-15-19)23(29)26-27-24(30)20-9-5-6-10-21(20)25-22(28)16-11-17-7-3-2-4-8-17/h2-16H,1H3,(H,25,28)(H,26,29)(H,27,30)/b16-11+. The number of hydrogen-bond donors (Lipinski definition) is 3. The first kappa shape index (κ1) is 21.3. The van der Waals surface area contributed by atoms with E-state index in [0.717, 1.165) is 5.56 Å². The van der Waals surface area contributed by atoms with Crippen molar-refractivity contribution in [2.24, 2.45) is 0 Å². The quantitative estimate of drug-likeness (QED) is 0.425. The summed E-state index contributed by atoms with van der Waals surface area (Å²) in [5, 5.41) is 2.68. The molecule has 0 saturated carbocycles. The first-order chi connectivity index (χ1) is 15.1. The molecule has 0 fully saturated rings. The van der Waals surface area contributed by atoms with E-state index >= 15 is 0 Å². The fourth-order valence-corrected chi connectivity index (χ4v) is 2.70. The van der Waals surface area contributed by atoms with Gasteiger partial charge in [0.2, 0.25) is 5.91 Å². The Kier molecular flexibility index (Phi) is 7.16. The number of methoxy groups -OCH3 is 1. The molecule has 0 unspecified atom stereocenters. The van der Waals surface area contributed by atoms with Crippen molar-refractivity contribution >= 4 is 29.5 Å². The van der Waals surface area contributed by atoms with Crippen LogP contribution in [0.4, 0.5) is 5.69 Å². The molecule has 3 amide bonds. The molecular formula is C24H21N3O4. The molecule has 3 N–H and O–H groups in total. The Labute approximate surface area is 179 Å². The van der Waals surface area contributed by atoms with Crippen LogP contribution in [0.1, 0.15) is 26.3 Å². The van der Waals surface area contributed by atoms with Crippen LogP contribution < -0.4 is 20.9 Å². The minimum Gasteiger partial charge on any atom is -0.497 e. The topological polar surface area (TPSA) is 96.5 Å². The molecule has 0 heterocycles. The molecule has 3 aromatic rings. The van der Waals surface area contributed by atoms with E-state index in [-0.39, 0.29) is 11.5 Å². The van der Waals surface area contributed by atoms with E-state index in [0.29, 0.717) is 17.0 Å².